The molecule has 1 atom stereocenters. The van der Waals surface area contributed by atoms with E-state index in [4.69, 9.17) is 11.6 Å². The summed E-state index contributed by atoms with van der Waals surface area (Å²) in [7, 11) is 3.65. The molecule has 5 nitrogen and oxygen atoms in total. The SMILES string of the molecule is C[C@@H](Sc1nnc(-c2ccccc2Cl)n1C)C(=O)N(C)c1ccccc1. The van der Waals surface area contributed by atoms with E-state index >= 15 is 0 Å². The lowest BCUT2D eigenvalue weighted by atomic mass is 10.2. The maximum atomic E-state index is 12.7. The summed E-state index contributed by atoms with van der Waals surface area (Å²) < 4.78 is 1.86. The van der Waals surface area contributed by atoms with Gasteiger partial charge in [-0.2, -0.15) is 0 Å². The molecular weight excluding hydrogens is 368 g/mol. The molecule has 1 aromatic heterocycles. The Hall–Kier alpha value is -2.31. The van der Waals surface area contributed by atoms with Crippen LogP contribution >= 0.6 is 23.4 Å². The summed E-state index contributed by atoms with van der Waals surface area (Å²) in [6.45, 7) is 1.87. The minimum absolute atomic E-state index is 0.00323. The van der Waals surface area contributed by atoms with E-state index in [1.54, 1.807) is 11.9 Å². The molecule has 0 spiro atoms. The first-order valence-electron chi connectivity index (χ1n) is 8.12. The Morgan fingerprint density at radius 3 is 2.46 bits per heavy atom. The second-order valence-electron chi connectivity index (χ2n) is 5.84. The maximum absolute atomic E-state index is 12.7. The first kappa shape index (κ1) is 18.5. The average Bonchev–Trinajstić information content (AvgIpc) is 3.02. The van der Waals surface area contributed by atoms with Crippen LogP contribution < -0.4 is 4.90 Å². The third kappa shape index (κ3) is 3.76. The summed E-state index contributed by atoms with van der Waals surface area (Å²) >= 11 is 7.63. The van der Waals surface area contributed by atoms with Crippen molar-refractivity contribution in [2.75, 3.05) is 11.9 Å². The molecule has 3 aromatic rings. The minimum Gasteiger partial charge on any atom is -0.315 e. The van der Waals surface area contributed by atoms with Crippen LogP contribution in [0.15, 0.2) is 59.8 Å². The minimum atomic E-state index is -0.304. The highest BCUT2D eigenvalue weighted by Gasteiger charge is 2.23. The maximum Gasteiger partial charge on any atom is 0.240 e. The molecule has 26 heavy (non-hydrogen) atoms. The van der Waals surface area contributed by atoms with Crippen LogP contribution in [-0.4, -0.2) is 33.0 Å². The number of thioether (sulfide) groups is 1. The van der Waals surface area contributed by atoms with Crippen LogP contribution in [0, 0.1) is 0 Å². The molecule has 0 radical (unpaired) electrons. The van der Waals surface area contributed by atoms with E-state index < -0.39 is 0 Å². The molecule has 0 fully saturated rings. The molecule has 7 heteroatoms. The van der Waals surface area contributed by atoms with E-state index in [1.807, 2.05) is 73.1 Å². The van der Waals surface area contributed by atoms with Gasteiger partial charge in [-0.1, -0.05) is 53.7 Å². The van der Waals surface area contributed by atoms with Gasteiger partial charge in [0.15, 0.2) is 11.0 Å². The molecule has 134 valence electrons. The highest BCUT2D eigenvalue weighted by atomic mass is 35.5. The number of para-hydroxylation sites is 1. The Morgan fingerprint density at radius 2 is 1.77 bits per heavy atom. The molecule has 3 rings (SSSR count). The summed E-state index contributed by atoms with van der Waals surface area (Å²) in [5.74, 6) is 0.678. The fraction of sp³-hybridized carbons (Fsp3) is 0.211. The third-order valence-electron chi connectivity index (χ3n) is 4.05. The van der Waals surface area contributed by atoms with Gasteiger partial charge in [0.25, 0.3) is 0 Å². The van der Waals surface area contributed by atoms with Crippen LogP contribution in [-0.2, 0) is 11.8 Å². The standard InChI is InChI=1S/C19H19ClN4OS/c1-13(18(25)23(2)14-9-5-4-6-10-14)26-19-22-21-17(24(19)3)15-11-7-8-12-16(15)20/h4-13H,1-3H3/t13-/m1/s1. The van der Waals surface area contributed by atoms with Crippen LogP contribution in [0.25, 0.3) is 11.4 Å². The van der Waals surface area contributed by atoms with Gasteiger partial charge in [0.2, 0.25) is 5.91 Å². The summed E-state index contributed by atoms with van der Waals surface area (Å²) in [6.07, 6.45) is 0. The number of halogens is 1. The van der Waals surface area contributed by atoms with Crippen LogP contribution in [0.5, 0.6) is 0 Å². The quantitative estimate of drug-likeness (QED) is 0.614. The molecule has 0 bridgehead atoms. The van der Waals surface area contributed by atoms with Gasteiger partial charge in [-0.15, -0.1) is 10.2 Å². The topological polar surface area (TPSA) is 51.0 Å². The van der Waals surface area contributed by atoms with Crippen LogP contribution in [0.4, 0.5) is 5.69 Å². The predicted octanol–water partition coefficient (Wildman–Crippen LogP) is 4.28. The molecule has 0 saturated heterocycles. The number of benzene rings is 2. The molecular formula is C19H19ClN4OS. The van der Waals surface area contributed by atoms with Crippen molar-refractivity contribution in [2.24, 2.45) is 7.05 Å². The van der Waals surface area contributed by atoms with Gasteiger partial charge in [-0.05, 0) is 31.2 Å². The van der Waals surface area contributed by atoms with Gasteiger partial charge in [0.1, 0.15) is 0 Å². The Morgan fingerprint density at radius 1 is 1.12 bits per heavy atom. The first-order chi connectivity index (χ1) is 12.5. The van der Waals surface area contributed by atoms with Gasteiger partial charge in [0.05, 0.1) is 10.3 Å². The number of hydrogen-bond acceptors (Lipinski definition) is 4. The summed E-state index contributed by atoms with van der Waals surface area (Å²) in [4.78, 5) is 14.4. The van der Waals surface area contributed by atoms with Crippen molar-refractivity contribution < 1.29 is 4.79 Å². The van der Waals surface area contributed by atoms with E-state index in [9.17, 15) is 4.79 Å². The Balaban J connectivity index is 1.77. The Bertz CT molecular complexity index is 913. The molecule has 1 heterocycles. The lowest BCUT2D eigenvalue weighted by molar-refractivity contribution is -0.117. The van der Waals surface area contributed by atoms with E-state index in [2.05, 4.69) is 10.2 Å². The van der Waals surface area contributed by atoms with E-state index in [-0.39, 0.29) is 11.2 Å². The molecule has 0 unspecified atom stereocenters. The summed E-state index contributed by atoms with van der Waals surface area (Å²) in [5, 5.41) is 9.46. The Kier molecular flexibility index (Phi) is 5.64. The van der Waals surface area contributed by atoms with E-state index in [1.165, 1.54) is 11.8 Å². The number of rotatable bonds is 5. The van der Waals surface area contributed by atoms with Crippen molar-refractivity contribution in [1.82, 2.24) is 14.8 Å². The zero-order valence-electron chi connectivity index (χ0n) is 14.8. The number of aromatic nitrogens is 3. The predicted molar refractivity (Wildman–Crippen MR) is 107 cm³/mol. The number of nitrogens with zero attached hydrogens (tertiary/aromatic N) is 4. The number of anilines is 1. The lowest BCUT2D eigenvalue weighted by Gasteiger charge is -2.20. The van der Waals surface area contributed by atoms with E-state index in [0.717, 1.165) is 11.3 Å². The number of amides is 1. The second-order valence-corrected chi connectivity index (χ2v) is 7.55. The normalized spacial score (nSPS) is 12.0. The molecule has 0 aliphatic heterocycles. The second kappa shape index (κ2) is 7.93. The first-order valence-corrected chi connectivity index (χ1v) is 9.38. The fourth-order valence-corrected chi connectivity index (χ4v) is 3.68. The van der Waals surface area contributed by atoms with Crippen molar-refractivity contribution >= 4 is 35.0 Å². The van der Waals surface area contributed by atoms with Gasteiger partial charge in [-0.25, -0.2) is 0 Å². The molecule has 1 amide bonds. The van der Waals surface area contributed by atoms with Crippen molar-refractivity contribution in [3.05, 3.63) is 59.6 Å². The third-order valence-corrected chi connectivity index (χ3v) is 5.50. The monoisotopic (exact) mass is 386 g/mol. The average molecular weight is 387 g/mol. The summed E-state index contributed by atoms with van der Waals surface area (Å²) in [6, 6.07) is 17.1. The smallest absolute Gasteiger partial charge is 0.240 e. The van der Waals surface area contributed by atoms with E-state index in [0.29, 0.717) is 16.0 Å². The van der Waals surface area contributed by atoms with Crippen LogP contribution in [0.3, 0.4) is 0 Å². The van der Waals surface area contributed by atoms with Gasteiger partial charge < -0.3 is 9.47 Å². The van der Waals surface area contributed by atoms with Crippen LogP contribution in [0.1, 0.15) is 6.92 Å². The molecule has 0 saturated carbocycles. The van der Waals surface area contributed by atoms with Crippen molar-refractivity contribution in [1.29, 1.82) is 0 Å². The van der Waals surface area contributed by atoms with Crippen molar-refractivity contribution in [2.45, 2.75) is 17.3 Å². The highest BCUT2D eigenvalue weighted by Crippen LogP contribution is 2.30. The highest BCUT2D eigenvalue weighted by molar-refractivity contribution is 8.00. The number of hydrogen-bond donors (Lipinski definition) is 0. The fourth-order valence-electron chi connectivity index (χ4n) is 2.55. The van der Waals surface area contributed by atoms with Crippen molar-refractivity contribution in [3.63, 3.8) is 0 Å². The zero-order valence-corrected chi connectivity index (χ0v) is 16.3. The number of carbonyl (C=O) groups is 1. The van der Waals surface area contributed by atoms with Gasteiger partial charge >= 0.3 is 0 Å². The molecule has 0 aliphatic carbocycles. The lowest BCUT2D eigenvalue weighted by Crippen LogP contribution is -2.33. The molecule has 0 aliphatic rings. The number of carbonyl (C=O) groups excluding carboxylic acids is 1. The van der Waals surface area contributed by atoms with Crippen LogP contribution in [0.2, 0.25) is 5.02 Å². The molecule has 0 N–H and O–H groups in total. The van der Waals surface area contributed by atoms with Gasteiger partial charge in [0, 0.05) is 25.3 Å². The zero-order chi connectivity index (χ0) is 18.7. The largest absolute Gasteiger partial charge is 0.315 e. The van der Waals surface area contributed by atoms with Gasteiger partial charge in [-0.3, -0.25) is 4.79 Å². The molecule has 2 aromatic carbocycles. The van der Waals surface area contributed by atoms with Crippen molar-refractivity contribution in [3.8, 4) is 11.4 Å². The Labute approximate surface area is 162 Å². The summed E-state index contributed by atoms with van der Waals surface area (Å²) in [5.41, 5.74) is 1.68.